The number of hydrogen-bond acceptors (Lipinski definition) is 2. The Morgan fingerprint density at radius 1 is 1.21 bits per heavy atom. The maximum absolute atomic E-state index is 12.4. The summed E-state index contributed by atoms with van der Waals surface area (Å²) in [5.41, 5.74) is 3.42. The minimum atomic E-state index is -0.269. The molecule has 1 aliphatic rings. The lowest BCUT2D eigenvalue weighted by Crippen LogP contribution is -2.24. The van der Waals surface area contributed by atoms with E-state index in [9.17, 15) is 9.59 Å². The third-order valence-corrected chi connectivity index (χ3v) is 4.44. The van der Waals surface area contributed by atoms with Crippen molar-refractivity contribution in [1.29, 1.82) is 0 Å². The van der Waals surface area contributed by atoms with Crippen LogP contribution in [0.25, 0.3) is 10.9 Å². The molecule has 0 aliphatic carbocycles. The Morgan fingerprint density at radius 2 is 2.04 bits per heavy atom. The summed E-state index contributed by atoms with van der Waals surface area (Å²) in [6, 6.07) is 15.0. The minimum Gasteiger partial charge on any atom is -0.351 e. The number of nitrogens with one attached hydrogen (secondary N) is 2. The van der Waals surface area contributed by atoms with Crippen molar-refractivity contribution < 1.29 is 9.59 Å². The Hall–Kier alpha value is -3.08. The number of anilines is 1. The van der Waals surface area contributed by atoms with E-state index >= 15 is 0 Å². The maximum Gasteiger partial charge on any atom is 0.252 e. The molecule has 0 bridgehead atoms. The van der Waals surface area contributed by atoms with Crippen LogP contribution < -0.4 is 10.6 Å². The molecule has 1 aromatic heterocycles. The Bertz CT molecular complexity index is 958. The summed E-state index contributed by atoms with van der Waals surface area (Å²) in [5.74, 6) is -0.235. The second kappa shape index (κ2) is 5.53. The number of fused-ring (bicyclic) bond motifs is 2. The summed E-state index contributed by atoms with van der Waals surface area (Å²) in [6.07, 6.45) is 2.21. The van der Waals surface area contributed by atoms with Crippen molar-refractivity contribution in [3.05, 3.63) is 65.9 Å². The Balaban J connectivity index is 1.49. The molecule has 2 heterocycles. The summed E-state index contributed by atoms with van der Waals surface area (Å²) >= 11 is 0. The molecule has 0 spiro atoms. The number of aromatic nitrogens is 1. The number of benzene rings is 2. The molecule has 3 aromatic rings. The zero-order valence-electron chi connectivity index (χ0n) is 13.2. The first-order valence-electron chi connectivity index (χ1n) is 7.86. The Morgan fingerprint density at radius 3 is 2.92 bits per heavy atom. The van der Waals surface area contributed by atoms with Crippen LogP contribution in [0.2, 0.25) is 0 Å². The highest BCUT2D eigenvalue weighted by atomic mass is 16.2. The molecule has 0 saturated carbocycles. The number of carbonyl (C=O) groups excluding carboxylic acids is 2. The van der Waals surface area contributed by atoms with Gasteiger partial charge in [0.1, 0.15) is 0 Å². The molecule has 2 N–H and O–H groups in total. The van der Waals surface area contributed by atoms with Gasteiger partial charge in [0.05, 0.1) is 12.5 Å². The summed E-state index contributed by atoms with van der Waals surface area (Å²) in [5, 5.41) is 6.86. The summed E-state index contributed by atoms with van der Waals surface area (Å²) < 4.78 is 2.03. The van der Waals surface area contributed by atoms with E-state index in [0.717, 1.165) is 22.2 Å². The van der Waals surface area contributed by atoms with Gasteiger partial charge in [-0.3, -0.25) is 9.59 Å². The summed E-state index contributed by atoms with van der Waals surface area (Å²) in [7, 11) is 1.99. The highest BCUT2D eigenvalue weighted by Crippen LogP contribution is 2.28. The first kappa shape index (κ1) is 14.5. The van der Waals surface area contributed by atoms with Crippen molar-refractivity contribution >= 4 is 28.4 Å². The van der Waals surface area contributed by atoms with Gasteiger partial charge >= 0.3 is 0 Å². The van der Waals surface area contributed by atoms with Gasteiger partial charge in [-0.2, -0.15) is 0 Å². The fourth-order valence-electron chi connectivity index (χ4n) is 3.24. The summed E-state index contributed by atoms with van der Waals surface area (Å²) in [4.78, 5) is 24.3. The number of amides is 2. The smallest absolute Gasteiger partial charge is 0.252 e. The first-order valence-corrected chi connectivity index (χ1v) is 7.86. The highest BCUT2D eigenvalue weighted by molar-refractivity contribution is 6.01. The van der Waals surface area contributed by atoms with Crippen molar-refractivity contribution in [1.82, 2.24) is 9.88 Å². The monoisotopic (exact) mass is 319 g/mol. The third-order valence-electron chi connectivity index (χ3n) is 4.44. The van der Waals surface area contributed by atoms with Crippen molar-refractivity contribution in [3.8, 4) is 0 Å². The van der Waals surface area contributed by atoms with Gasteiger partial charge in [0.25, 0.3) is 5.91 Å². The van der Waals surface area contributed by atoms with Gasteiger partial charge in [-0.05, 0) is 35.9 Å². The molecule has 120 valence electrons. The SMILES string of the molecule is Cn1ccc2cc(NC(=O)C[C@H]3NC(=O)c4ccccc43)ccc21. The average Bonchev–Trinajstić information content (AvgIpc) is 3.09. The van der Waals surface area contributed by atoms with Crippen molar-refractivity contribution in [2.24, 2.45) is 7.05 Å². The van der Waals surface area contributed by atoms with Gasteiger partial charge in [-0.15, -0.1) is 0 Å². The van der Waals surface area contributed by atoms with Crippen molar-refractivity contribution in [3.63, 3.8) is 0 Å². The topological polar surface area (TPSA) is 63.1 Å². The van der Waals surface area contributed by atoms with Gasteiger partial charge in [0.2, 0.25) is 5.91 Å². The van der Waals surface area contributed by atoms with Gasteiger partial charge < -0.3 is 15.2 Å². The van der Waals surface area contributed by atoms with Crippen LogP contribution in [0.15, 0.2) is 54.7 Å². The van der Waals surface area contributed by atoms with Crippen LogP contribution in [-0.4, -0.2) is 16.4 Å². The van der Waals surface area contributed by atoms with Crippen molar-refractivity contribution in [2.45, 2.75) is 12.5 Å². The van der Waals surface area contributed by atoms with E-state index in [4.69, 9.17) is 0 Å². The van der Waals surface area contributed by atoms with Gasteiger partial charge in [0.15, 0.2) is 0 Å². The zero-order chi connectivity index (χ0) is 16.7. The highest BCUT2D eigenvalue weighted by Gasteiger charge is 2.29. The number of hydrogen-bond donors (Lipinski definition) is 2. The number of carbonyl (C=O) groups is 2. The van der Waals surface area contributed by atoms with Crippen LogP contribution >= 0.6 is 0 Å². The lowest BCUT2D eigenvalue weighted by molar-refractivity contribution is -0.116. The van der Waals surface area contributed by atoms with Gasteiger partial charge in [0, 0.05) is 35.4 Å². The van der Waals surface area contributed by atoms with Crippen molar-refractivity contribution in [2.75, 3.05) is 5.32 Å². The first-order chi connectivity index (χ1) is 11.6. The number of nitrogens with zero attached hydrogens (tertiary/aromatic N) is 1. The van der Waals surface area contributed by atoms with E-state index in [2.05, 4.69) is 10.6 Å². The fraction of sp³-hybridized carbons (Fsp3) is 0.158. The molecule has 4 rings (SSSR count). The van der Waals surface area contributed by atoms with E-state index in [0.29, 0.717) is 5.56 Å². The standard InChI is InChI=1S/C19H17N3O2/c1-22-9-8-12-10-13(6-7-17(12)22)20-18(23)11-16-14-4-2-3-5-15(14)19(24)21-16/h2-10,16H,11H2,1H3,(H,20,23)(H,21,24)/t16-/m1/s1. The molecule has 1 atom stereocenters. The molecule has 5 heteroatoms. The van der Waals surface area contributed by atoms with Crippen LogP contribution in [0.4, 0.5) is 5.69 Å². The number of rotatable bonds is 3. The van der Waals surface area contributed by atoms with Crippen LogP contribution in [0.1, 0.15) is 28.4 Å². The lowest BCUT2D eigenvalue weighted by Gasteiger charge is -2.12. The molecule has 0 saturated heterocycles. The average molecular weight is 319 g/mol. The van der Waals surface area contributed by atoms with Crippen LogP contribution in [0, 0.1) is 0 Å². The normalized spacial score (nSPS) is 16.0. The fourth-order valence-corrected chi connectivity index (χ4v) is 3.24. The molecule has 0 radical (unpaired) electrons. The van der Waals surface area contributed by atoms with E-state index in [1.54, 1.807) is 6.07 Å². The molecule has 0 fully saturated rings. The molecule has 0 unspecified atom stereocenters. The molecular weight excluding hydrogens is 302 g/mol. The molecule has 2 amide bonds. The quantitative estimate of drug-likeness (QED) is 0.779. The van der Waals surface area contributed by atoms with E-state index in [1.807, 2.05) is 60.3 Å². The second-order valence-corrected chi connectivity index (χ2v) is 6.07. The zero-order valence-corrected chi connectivity index (χ0v) is 13.2. The lowest BCUT2D eigenvalue weighted by atomic mass is 10.0. The Kier molecular flexibility index (Phi) is 3.34. The van der Waals surface area contributed by atoms with E-state index < -0.39 is 0 Å². The minimum absolute atomic E-state index is 0.117. The molecular formula is C19H17N3O2. The largest absolute Gasteiger partial charge is 0.351 e. The molecule has 24 heavy (non-hydrogen) atoms. The third kappa shape index (κ3) is 2.44. The van der Waals surface area contributed by atoms with Gasteiger partial charge in [-0.1, -0.05) is 18.2 Å². The second-order valence-electron chi connectivity index (χ2n) is 6.07. The molecule has 2 aromatic carbocycles. The predicted octanol–water partition coefficient (Wildman–Crippen LogP) is 2.99. The van der Waals surface area contributed by atoms with Crippen LogP contribution in [0.3, 0.4) is 0 Å². The number of aryl methyl sites for hydroxylation is 1. The predicted molar refractivity (Wildman–Crippen MR) is 92.8 cm³/mol. The van der Waals surface area contributed by atoms with E-state index in [-0.39, 0.29) is 24.3 Å². The Labute approximate surface area is 139 Å². The van der Waals surface area contributed by atoms with Crippen LogP contribution in [0.5, 0.6) is 0 Å². The van der Waals surface area contributed by atoms with E-state index in [1.165, 1.54) is 0 Å². The summed E-state index contributed by atoms with van der Waals surface area (Å²) in [6.45, 7) is 0. The maximum atomic E-state index is 12.4. The van der Waals surface area contributed by atoms with Gasteiger partial charge in [-0.25, -0.2) is 0 Å². The molecule has 1 aliphatic heterocycles. The van der Waals surface area contributed by atoms with Crippen LogP contribution in [-0.2, 0) is 11.8 Å². The molecule has 5 nitrogen and oxygen atoms in total.